The number of thiophene rings is 1. The lowest BCUT2D eigenvalue weighted by Gasteiger charge is -2.06. The number of ether oxygens (including phenoxy) is 1. The minimum absolute atomic E-state index is 0.662. The van der Waals surface area contributed by atoms with Gasteiger partial charge in [0.05, 0.1) is 17.0 Å². The SMILES string of the molecule is CCOc1ccc(-c2c(-c3cccs3)nn(C)c2N)cc1. The summed E-state index contributed by atoms with van der Waals surface area (Å²) in [6, 6.07) is 12.1. The van der Waals surface area contributed by atoms with Gasteiger partial charge in [-0.15, -0.1) is 11.3 Å². The minimum atomic E-state index is 0.662. The normalized spacial score (nSPS) is 10.8. The summed E-state index contributed by atoms with van der Waals surface area (Å²) >= 11 is 1.66. The number of hydrogen-bond acceptors (Lipinski definition) is 4. The summed E-state index contributed by atoms with van der Waals surface area (Å²) in [7, 11) is 1.87. The molecule has 0 spiro atoms. The number of nitrogens with two attached hydrogens (primary N) is 1. The van der Waals surface area contributed by atoms with Crippen LogP contribution in [0, 0.1) is 0 Å². The summed E-state index contributed by atoms with van der Waals surface area (Å²) in [5.41, 5.74) is 9.16. The first-order valence-electron chi connectivity index (χ1n) is 6.80. The summed E-state index contributed by atoms with van der Waals surface area (Å²) in [6.07, 6.45) is 0. The van der Waals surface area contributed by atoms with E-state index < -0.39 is 0 Å². The lowest BCUT2D eigenvalue weighted by molar-refractivity contribution is 0.340. The third-order valence-corrected chi connectivity index (χ3v) is 4.18. The molecule has 3 aromatic rings. The second kappa shape index (κ2) is 5.61. The molecule has 0 aliphatic carbocycles. The van der Waals surface area contributed by atoms with Gasteiger partial charge in [0, 0.05) is 7.05 Å². The van der Waals surface area contributed by atoms with Crippen molar-refractivity contribution in [3.63, 3.8) is 0 Å². The molecule has 0 saturated heterocycles. The Hall–Kier alpha value is -2.27. The fraction of sp³-hybridized carbons (Fsp3) is 0.188. The van der Waals surface area contributed by atoms with Crippen molar-refractivity contribution in [2.24, 2.45) is 7.05 Å². The van der Waals surface area contributed by atoms with Crippen LogP contribution in [0.4, 0.5) is 5.82 Å². The lowest BCUT2D eigenvalue weighted by atomic mass is 10.0. The molecule has 2 aromatic heterocycles. The maximum atomic E-state index is 6.21. The van der Waals surface area contributed by atoms with Crippen molar-refractivity contribution in [2.45, 2.75) is 6.92 Å². The van der Waals surface area contributed by atoms with Gasteiger partial charge >= 0.3 is 0 Å². The van der Waals surface area contributed by atoms with E-state index in [2.05, 4.69) is 11.2 Å². The Morgan fingerprint density at radius 3 is 2.62 bits per heavy atom. The van der Waals surface area contributed by atoms with Crippen molar-refractivity contribution < 1.29 is 4.74 Å². The topological polar surface area (TPSA) is 53.1 Å². The molecule has 3 rings (SSSR count). The number of nitrogens with zero attached hydrogens (tertiary/aromatic N) is 2. The van der Waals surface area contributed by atoms with Crippen molar-refractivity contribution in [2.75, 3.05) is 12.3 Å². The second-order valence-corrected chi connectivity index (χ2v) is 5.61. The molecule has 1 aromatic carbocycles. The molecular formula is C16H17N3OS. The Bertz CT molecular complexity index is 730. The molecular weight excluding hydrogens is 282 g/mol. The van der Waals surface area contributed by atoms with E-state index in [1.54, 1.807) is 16.0 Å². The van der Waals surface area contributed by atoms with E-state index in [4.69, 9.17) is 10.5 Å². The van der Waals surface area contributed by atoms with E-state index in [-0.39, 0.29) is 0 Å². The number of hydrogen-bond donors (Lipinski definition) is 1. The molecule has 0 radical (unpaired) electrons. The molecule has 0 unspecified atom stereocenters. The molecule has 2 N–H and O–H groups in total. The number of aryl methyl sites for hydroxylation is 1. The highest BCUT2D eigenvalue weighted by molar-refractivity contribution is 7.13. The highest BCUT2D eigenvalue weighted by Crippen LogP contribution is 2.38. The predicted molar refractivity (Wildman–Crippen MR) is 87.5 cm³/mol. The van der Waals surface area contributed by atoms with Crippen molar-refractivity contribution in [3.05, 3.63) is 41.8 Å². The van der Waals surface area contributed by atoms with Gasteiger partial charge in [0.2, 0.25) is 0 Å². The Morgan fingerprint density at radius 2 is 2.00 bits per heavy atom. The quantitative estimate of drug-likeness (QED) is 0.797. The number of benzene rings is 1. The van der Waals surface area contributed by atoms with Crippen LogP contribution in [0.25, 0.3) is 21.7 Å². The fourth-order valence-electron chi connectivity index (χ4n) is 2.29. The van der Waals surface area contributed by atoms with Gasteiger partial charge in [0.15, 0.2) is 0 Å². The van der Waals surface area contributed by atoms with Gasteiger partial charge < -0.3 is 10.5 Å². The first-order chi connectivity index (χ1) is 10.2. The number of rotatable bonds is 4. The maximum absolute atomic E-state index is 6.21. The van der Waals surface area contributed by atoms with Crippen molar-refractivity contribution in [3.8, 4) is 27.4 Å². The zero-order chi connectivity index (χ0) is 14.8. The van der Waals surface area contributed by atoms with Crippen LogP contribution >= 0.6 is 11.3 Å². The van der Waals surface area contributed by atoms with E-state index >= 15 is 0 Å². The van der Waals surface area contributed by atoms with Crippen LogP contribution in [0.5, 0.6) is 5.75 Å². The molecule has 5 heteroatoms. The average Bonchev–Trinajstić information content (AvgIpc) is 3.10. The van der Waals surface area contributed by atoms with E-state index in [0.29, 0.717) is 12.4 Å². The molecule has 0 saturated carbocycles. The molecule has 0 atom stereocenters. The van der Waals surface area contributed by atoms with Crippen molar-refractivity contribution >= 4 is 17.2 Å². The van der Waals surface area contributed by atoms with Gasteiger partial charge in [0.25, 0.3) is 0 Å². The van der Waals surface area contributed by atoms with Gasteiger partial charge in [-0.05, 0) is 36.1 Å². The van der Waals surface area contributed by atoms with Crippen LogP contribution in [0.15, 0.2) is 41.8 Å². The summed E-state index contributed by atoms with van der Waals surface area (Å²) < 4.78 is 7.21. The summed E-state index contributed by atoms with van der Waals surface area (Å²) in [4.78, 5) is 1.12. The Kier molecular flexibility index (Phi) is 3.66. The van der Waals surface area contributed by atoms with Crippen LogP contribution in [-0.4, -0.2) is 16.4 Å². The summed E-state index contributed by atoms with van der Waals surface area (Å²) in [5, 5.41) is 6.60. The summed E-state index contributed by atoms with van der Waals surface area (Å²) in [5.74, 6) is 1.53. The van der Waals surface area contributed by atoms with Gasteiger partial charge in [-0.1, -0.05) is 18.2 Å². The average molecular weight is 299 g/mol. The molecule has 4 nitrogen and oxygen atoms in total. The fourth-order valence-corrected chi connectivity index (χ4v) is 3.01. The first-order valence-corrected chi connectivity index (χ1v) is 7.68. The maximum Gasteiger partial charge on any atom is 0.129 e. The van der Waals surface area contributed by atoms with Gasteiger partial charge in [-0.2, -0.15) is 5.10 Å². The van der Waals surface area contributed by atoms with Crippen LogP contribution in [0.1, 0.15) is 6.92 Å². The Labute approximate surface area is 127 Å². The van der Waals surface area contributed by atoms with E-state index in [0.717, 1.165) is 27.4 Å². The Morgan fingerprint density at radius 1 is 1.24 bits per heavy atom. The van der Waals surface area contributed by atoms with Crippen LogP contribution in [0.3, 0.4) is 0 Å². The van der Waals surface area contributed by atoms with Crippen LogP contribution in [0.2, 0.25) is 0 Å². The number of nitrogen functional groups attached to an aromatic ring is 1. The molecule has 0 aliphatic rings. The molecule has 0 fully saturated rings. The zero-order valence-corrected chi connectivity index (χ0v) is 12.9. The van der Waals surface area contributed by atoms with Gasteiger partial charge in [-0.25, -0.2) is 0 Å². The van der Waals surface area contributed by atoms with Crippen molar-refractivity contribution in [1.29, 1.82) is 0 Å². The van der Waals surface area contributed by atoms with Crippen LogP contribution in [-0.2, 0) is 7.05 Å². The molecule has 0 aliphatic heterocycles. The highest BCUT2D eigenvalue weighted by Gasteiger charge is 2.17. The molecule has 108 valence electrons. The third-order valence-electron chi connectivity index (χ3n) is 3.30. The largest absolute Gasteiger partial charge is 0.494 e. The molecule has 21 heavy (non-hydrogen) atoms. The molecule has 0 bridgehead atoms. The molecule has 2 heterocycles. The first kappa shape index (κ1) is 13.7. The van der Waals surface area contributed by atoms with E-state index in [1.165, 1.54) is 0 Å². The molecule has 0 amide bonds. The monoisotopic (exact) mass is 299 g/mol. The predicted octanol–water partition coefficient (Wildman–Crippen LogP) is 3.80. The Balaban J connectivity index is 2.09. The second-order valence-electron chi connectivity index (χ2n) is 4.67. The van der Waals surface area contributed by atoms with Gasteiger partial charge in [0.1, 0.15) is 17.3 Å². The zero-order valence-electron chi connectivity index (χ0n) is 12.0. The van der Waals surface area contributed by atoms with E-state index in [1.807, 2.05) is 49.7 Å². The van der Waals surface area contributed by atoms with E-state index in [9.17, 15) is 0 Å². The number of aromatic nitrogens is 2. The number of anilines is 1. The lowest BCUT2D eigenvalue weighted by Crippen LogP contribution is -1.98. The van der Waals surface area contributed by atoms with Crippen molar-refractivity contribution in [1.82, 2.24) is 9.78 Å². The highest BCUT2D eigenvalue weighted by atomic mass is 32.1. The third kappa shape index (κ3) is 2.52. The summed E-state index contributed by atoms with van der Waals surface area (Å²) in [6.45, 7) is 2.64. The van der Waals surface area contributed by atoms with Crippen LogP contribution < -0.4 is 10.5 Å². The van der Waals surface area contributed by atoms with Gasteiger partial charge in [-0.3, -0.25) is 4.68 Å². The standard InChI is InChI=1S/C16H17N3OS/c1-3-20-12-8-6-11(7-9-12)14-15(13-5-4-10-21-13)18-19(2)16(14)17/h4-10H,3,17H2,1-2H3. The minimum Gasteiger partial charge on any atom is -0.494 e. The smallest absolute Gasteiger partial charge is 0.129 e.